The second kappa shape index (κ2) is 6.22. The van der Waals surface area contributed by atoms with E-state index in [0.29, 0.717) is 0 Å². The summed E-state index contributed by atoms with van der Waals surface area (Å²) < 4.78 is 2.25. The van der Waals surface area contributed by atoms with Gasteiger partial charge in [-0.15, -0.1) is 0 Å². The van der Waals surface area contributed by atoms with Gasteiger partial charge in [-0.2, -0.15) is 0 Å². The summed E-state index contributed by atoms with van der Waals surface area (Å²) in [6.45, 7) is 4.93. The van der Waals surface area contributed by atoms with Crippen molar-refractivity contribution < 1.29 is 4.79 Å². The summed E-state index contributed by atoms with van der Waals surface area (Å²) in [5.41, 5.74) is 2.87. The van der Waals surface area contributed by atoms with Crippen molar-refractivity contribution in [3.8, 4) is 11.3 Å². The van der Waals surface area contributed by atoms with Crippen LogP contribution in [0, 0.1) is 0 Å². The van der Waals surface area contributed by atoms with Crippen LogP contribution in [0.15, 0.2) is 30.5 Å². The van der Waals surface area contributed by atoms with Gasteiger partial charge in [0.1, 0.15) is 5.82 Å². The van der Waals surface area contributed by atoms with Gasteiger partial charge in [0, 0.05) is 36.5 Å². The maximum Gasteiger partial charge on any atom is 0.319 e. The van der Waals surface area contributed by atoms with E-state index in [1.165, 1.54) is 18.7 Å². The lowest BCUT2D eigenvalue weighted by molar-refractivity contribution is 0.250. The Kier molecular flexibility index (Phi) is 4.13. The molecule has 0 saturated heterocycles. The van der Waals surface area contributed by atoms with Crippen molar-refractivity contribution in [2.45, 2.75) is 45.7 Å². The molecule has 2 amide bonds. The highest BCUT2D eigenvalue weighted by atomic mass is 16.2. The molecular formula is C17H22N4O. The number of anilines is 1. The first kappa shape index (κ1) is 14.6. The molecule has 2 heterocycles. The lowest BCUT2D eigenvalue weighted by atomic mass is 10.1. The molecule has 0 aliphatic carbocycles. The molecule has 0 unspecified atom stereocenters. The van der Waals surface area contributed by atoms with Crippen LogP contribution in [0.25, 0.3) is 11.3 Å². The number of aryl methyl sites for hydroxylation is 2. The van der Waals surface area contributed by atoms with Crippen LogP contribution in [-0.4, -0.2) is 21.6 Å². The summed E-state index contributed by atoms with van der Waals surface area (Å²) in [4.78, 5) is 16.4. The Labute approximate surface area is 130 Å². The lowest BCUT2D eigenvalue weighted by Gasteiger charge is -2.11. The number of carbonyl (C=O) groups is 1. The lowest BCUT2D eigenvalue weighted by Crippen LogP contribution is -2.34. The highest BCUT2D eigenvalue weighted by Crippen LogP contribution is 2.23. The number of imidazole rings is 1. The normalized spacial score (nSPS) is 13.8. The summed E-state index contributed by atoms with van der Waals surface area (Å²) in [6.07, 6.45) is 5.65. The van der Waals surface area contributed by atoms with Crippen molar-refractivity contribution in [3.63, 3.8) is 0 Å². The zero-order chi connectivity index (χ0) is 15.5. The highest BCUT2D eigenvalue weighted by Gasteiger charge is 2.13. The second-order valence-electron chi connectivity index (χ2n) is 6.02. The van der Waals surface area contributed by atoms with Gasteiger partial charge in [-0.3, -0.25) is 0 Å². The molecule has 1 aliphatic rings. The summed E-state index contributed by atoms with van der Waals surface area (Å²) >= 11 is 0. The maximum absolute atomic E-state index is 11.7. The standard InChI is InChI=1S/C17H22N4O/c1-12(2)18-17(22)19-14-8-6-13(7-9-14)15-11-21-10-4-3-5-16(21)20-15/h6-9,11-12H,3-5,10H2,1-2H3,(H2,18,19,22). The first-order valence-electron chi connectivity index (χ1n) is 7.86. The van der Waals surface area contributed by atoms with Crippen LogP contribution in [0.4, 0.5) is 10.5 Å². The van der Waals surface area contributed by atoms with Gasteiger partial charge in [0.2, 0.25) is 0 Å². The molecule has 0 fully saturated rings. The Balaban J connectivity index is 1.71. The number of aromatic nitrogens is 2. The van der Waals surface area contributed by atoms with Gasteiger partial charge < -0.3 is 15.2 Å². The summed E-state index contributed by atoms with van der Waals surface area (Å²) in [6, 6.07) is 7.76. The molecule has 5 nitrogen and oxygen atoms in total. The Morgan fingerprint density at radius 3 is 2.68 bits per heavy atom. The minimum Gasteiger partial charge on any atom is -0.336 e. The van der Waals surface area contributed by atoms with Crippen molar-refractivity contribution in [3.05, 3.63) is 36.3 Å². The number of carbonyl (C=O) groups excluding carboxylic acids is 1. The number of hydrogen-bond donors (Lipinski definition) is 2. The summed E-state index contributed by atoms with van der Waals surface area (Å²) in [7, 11) is 0. The van der Waals surface area contributed by atoms with Crippen LogP contribution < -0.4 is 10.6 Å². The zero-order valence-corrected chi connectivity index (χ0v) is 13.1. The average Bonchev–Trinajstić information content (AvgIpc) is 2.91. The predicted molar refractivity (Wildman–Crippen MR) is 87.9 cm³/mol. The zero-order valence-electron chi connectivity index (χ0n) is 13.1. The Morgan fingerprint density at radius 2 is 2.00 bits per heavy atom. The van der Waals surface area contributed by atoms with Gasteiger partial charge in [0.05, 0.1) is 5.69 Å². The van der Waals surface area contributed by atoms with Crippen LogP contribution in [0.2, 0.25) is 0 Å². The topological polar surface area (TPSA) is 59.0 Å². The molecule has 0 atom stereocenters. The monoisotopic (exact) mass is 298 g/mol. The number of rotatable bonds is 3. The molecule has 3 rings (SSSR count). The van der Waals surface area contributed by atoms with Crippen LogP contribution in [0.3, 0.4) is 0 Å². The van der Waals surface area contributed by atoms with E-state index in [4.69, 9.17) is 4.98 Å². The maximum atomic E-state index is 11.7. The molecule has 5 heteroatoms. The fraction of sp³-hybridized carbons (Fsp3) is 0.412. The van der Waals surface area contributed by atoms with E-state index in [-0.39, 0.29) is 12.1 Å². The summed E-state index contributed by atoms with van der Waals surface area (Å²) in [5.74, 6) is 1.18. The van der Waals surface area contributed by atoms with E-state index in [2.05, 4.69) is 21.4 Å². The van der Waals surface area contributed by atoms with Crippen LogP contribution in [0.1, 0.15) is 32.5 Å². The average molecular weight is 298 g/mol. The van der Waals surface area contributed by atoms with Gasteiger partial charge in [0.25, 0.3) is 0 Å². The van der Waals surface area contributed by atoms with Crippen molar-refractivity contribution in [1.82, 2.24) is 14.9 Å². The fourth-order valence-electron chi connectivity index (χ4n) is 2.71. The molecule has 0 saturated carbocycles. The predicted octanol–water partition coefficient (Wildman–Crippen LogP) is 3.42. The van der Waals surface area contributed by atoms with E-state index in [1.54, 1.807) is 0 Å². The SMILES string of the molecule is CC(C)NC(=O)Nc1ccc(-c2cn3c(n2)CCCC3)cc1. The van der Waals surface area contributed by atoms with Crippen molar-refractivity contribution in [1.29, 1.82) is 0 Å². The number of urea groups is 1. The fourth-order valence-corrected chi connectivity index (χ4v) is 2.71. The smallest absolute Gasteiger partial charge is 0.319 e. The molecule has 2 aromatic rings. The van der Waals surface area contributed by atoms with Crippen molar-refractivity contribution in [2.75, 3.05) is 5.32 Å². The van der Waals surface area contributed by atoms with Gasteiger partial charge >= 0.3 is 6.03 Å². The molecule has 1 aromatic heterocycles. The highest BCUT2D eigenvalue weighted by molar-refractivity contribution is 5.89. The van der Waals surface area contributed by atoms with E-state index in [0.717, 1.165) is 29.9 Å². The molecule has 0 spiro atoms. The third kappa shape index (κ3) is 3.30. The molecule has 116 valence electrons. The van der Waals surface area contributed by atoms with Gasteiger partial charge in [-0.05, 0) is 38.8 Å². The van der Waals surface area contributed by atoms with Crippen LogP contribution in [0.5, 0.6) is 0 Å². The van der Waals surface area contributed by atoms with Crippen LogP contribution >= 0.6 is 0 Å². The van der Waals surface area contributed by atoms with E-state index < -0.39 is 0 Å². The molecule has 0 radical (unpaired) electrons. The first-order valence-corrected chi connectivity index (χ1v) is 7.86. The largest absolute Gasteiger partial charge is 0.336 e. The Bertz CT molecular complexity index is 634. The summed E-state index contributed by atoms with van der Waals surface area (Å²) in [5, 5.41) is 5.63. The van der Waals surface area contributed by atoms with E-state index in [9.17, 15) is 4.79 Å². The van der Waals surface area contributed by atoms with Gasteiger partial charge in [-0.25, -0.2) is 9.78 Å². The van der Waals surface area contributed by atoms with Gasteiger partial charge in [-0.1, -0.05) is 12.1 Å². The van der Waals surface area contributed by atoms with E-state index >= 15 is 0 Å². The minimum absolute atomic E-state index is 0.121. The third-order valence-electron chi connectivity index (χ3n) is 3.77. The number of benzene rings is 1. The quantitative estimate of drug-likeness (QED) is 0.912. The number of nitrogens with one attached hydrogen (secondary N) is 2. The number of nitrogens with zero attached hydrogens (tertiary/aromatic N) is 2. The first-order chi connectivity index (χ1) is 10.6. The number of fused-ring (bicyclic) bond motifs is 1. The van der Waals surface area contributed by atoms with E-state index in [1.807, 2.05) is 38.1 Å². The third-order valence-corrected chi connectivity index (χ3v) is 3.77. The minimum atomic E-state index is -0.180. The second-order valence-corrected chi connectivity index (χ2v) is 6.02. The molecule has 1 aromatic carbocycles. The number of hydrogen-bond acceptors (Lipinski definition) is 2. The molecule has 22 heavy (non-hydrogen) atoms. The Morgan fingerprint density at radius 1 is 1.23 bits per heavy atom. The van der Waals surface area contributed by atoms with Gasteiger partial charge in [0.15, 0.2) is 0 Å². The van der Waals surface area contributed by atoms with Crippen molar-refractivity contribution >= 4 is 11.7 Å². The number of amides is 2. The molecule has 1 aliphatic heterocycles. The van der Waals surface area contributed by atoms with Crippen molar-refractivity contribution in [2.24, 2.45) is 0 Å². The molecular weight excluding hydrogens is 276 g/mol. The molecule has 2 N–H and O–H groups in total. The molecule has 0 bridgehead atoms. The van der Waals surface area contributed by atoms with Crippen LogP contribution in [-0.2, 0) is 13.0 Å². The Hall–Kier alpha value is -2.30.